The Hall–Kier alpha value is -1.15. The van der Waals surface area contributed by atoms with Gasteiger partial charge in [0.1, 0.15) is 5.82 Å². The average Bonchev–Trinajstić information content (AvgIpc) is 2.43. The maximum Gasteiger partial charge on any atom is 0.123 e. The minimum Gasteiger partial charge on any atom is -0.313 e. The number of unbranched alkanes of at least 4 members (excludes halogenated alkanes) is 1. The Morgan fingerprint density at radius 3 is 2.50 bits per heavy atom. The first-order chi connectivity index (χ1) is 9.52. The molecule has 0 aliphatic carbocycles. The first-order valence-electron chi connectivity index (χ1n) is 7.62. The predicted octanol–water partition coefficient (Wildman–Crippen LogP) is 4.83. The lowest BCUT2D eigenvalue weighted by atomic mass is 9.75. The molecule has 0 radical (unpaired) electrons. The third-order valence-corrected chi connectivity index (χ3v) is 4.00. The molecule has 1 atom stereocenters. The van der Waals surface area contributed by atoms with Gasteiger partial charge in [0.2, 0.25) is 0 Å². The number of allylic oxidation sites excluding steroid dienone is 1. The van der Waals surface area contributed by atoms with Gasteiger partial charge >= 0.3 is 0 Å². The van der Waals surface area contributed by atoms with Crippen LogP contribution in [-0.4, -0.2) is 12.6 Å². The highest BCUT2D eigenvalue weighted by Gasteiger charge is 2.30. The first kappa shape index (κ1) is 16.9. The van der Waals surface area contributed by atoms with Crippen molar-refractivity contribution in [2.75, 3.05) is 6.54 Å². The molecule has 1 unspecified atom stereocenters. The summed E-state index contributed by atoms with van der Waals surface area (Å²) in [6.07, 6.45) is 6.38. The second-order valence-corrected chi connectivity index (χ2v) is 5.95. The molecule has 0 amide bonds. The molecule has 0 aliphatic heterocycles. The normalized spacial score (nSPS) is 13.2. The minimum atomic E-state index is -0.172. The van der Waals surface area contributed by atoms with E-state index in [1.54, 1.807) is 12.1 Å². The van der Waals surface area contributed by atoms with Gasteiger partial charge in [0.25, 0.3) is 0 Å². The highest BCUT2D eigenvalue weighted by atomic mass is 19.1. The van der Waals surface area contributed by atoms with Gasteiger partial charge in [-0.15, -0.1) is 6.58 Å². The molecule has 112 valence electrons. The topological polar surface area (TPSA) is 12.0 Å². The van der Waals surface area contributed by atoms with Gasteiger partial charge < -0.3 is 5.32 Å². The lowest BCUT2D eigenvalue weighted by Gasteiger charge is -2.36. The van der Waals surface area contributed by atoms with Crippen LogP contribution in [0.3, 0.4) is 0 Å². The molecule has 1 nitrogen and oxygen atoms in total. The van der Waals surface area contributed by atoms with Gasteiger partial charge in [0.15, 0.2) is 0 Å². The molecule has 0 bridgehead atoms. The zero-order valence-electron chi connectivity index (χ0n) is 13.1. The second kappa shape index (κ2) is 8.21. The van der Waals surface area contributed by atoms with Gasteiger partial charge in [-0.2, -0.15) is 0 Å². The highest BCUT2D eigenvalue weighted by molar-refractivity contribution is 5.26. The molecule has 0 spiro atoms. The predicted molar refractivity (Wildman–Crippen MR) is 85.6 cm³/mol. The van der Waals surface area contributed by atoms with Crippen molar-refractivity contribution in [2.24, 2.45) is 0 Å². The number of halogens is 1. The van der Waals surface area contributed by atoms with Crippen LogP contribution in [0.15, 0.2) is 36.9 Å². The Balaban J connectivity index is 2.83. The number of hydrogen-bond donors (Lipinski definition) is 1. The maximum absolute atomic E-state index is 13.1. The van der Waals surface area contributed by atoms with Crippen LogP contribution in [0.4, 0.5) is 4.39 Å². The summed E-state index contributed by atoms with van der Waals surface area (Å²) in [6.45, 7) is 11.5. The molecule has 0 saturated heterocycles. The fraction of sp³-hybridized carbons (Fsp3) is 0.556. The van der Waals surface area contributed by atoms with Crippen molar-refractivity contribution < 1.29 is 4.39 Å². The van der Waals surface area contributed by atoms with Crippen molar-refractivity contribution in [1.82, 2.24) is 5.32 Å². The maximum atomic E-state index is 13.1. The molecular weight excluding hydrogens is 249 g/mol. The van der Waals surface area contributed by atoms with E-state index >= 15 is 0 Å². The molecule has 1 N–H and O–H groups in total. The average molecular weight is 277 g/mol. The number of benzene rings is 1. The smallest absolute Gasteiger partial charge is 0.123 e. The second-order valence-electron chi connectivity index (χ2n) is 5.95. The van der Waals surface area contributed by atoms with Crippen LogP contribution in [0.2, 0.25) is 0 Å². The summed E-state index contributed by atoms with van der Waals surface area (Å²) < 4.78 is 13.1. The van der Waals surface area contributed by atoms with Gasteiger partial charge in [-0.3, -0.25) is 0 Å². The zero-order chi connectivity index (χ0) is 15.0. The summed E-state index contributed by atoms with van der Waals surface area (Å²) in [4.78, 5) is 0. The van der Waals surface area contributed by atoms with E-state index < -0.39 is 0 Å². The number of nitrogens with one attached hydrogen (secondary N) is 1. The summed E-state index contributed by atoms with van der Waals surface area (Å²) >= 11 is 0. The van der Waals surface area contributed by atoms with Crippen molar-refractivity contribution in [3.8, 4) is 0 Å². The fourth-order valence-corrected chi connectivity index (χ4v) is 2.58. The van der Waals surface area contributed by atoms with Crippen molar-refractivity contribution in [3.63, 3.8) is 0 Å². The monoisotopic (exact) mass is 277 g/mol. The molecule has 20 heavy (non-hydrogen) atoms. The summed E-state index contributed by atoms with van der Waals surface area (Å²) in [5, 5.41) is 3.65. The SMILES string of the molecule is C=CCCCC(NCCC)C(C)(C)c1ccc(F)cc1. The molecule has 0 aliphatic rings. The van der Waals surface area contributed by atoms with Gasteiger partial charge in [0, 0.05) is 11.5 Å². The van der Waals surface area contributed by atoms with Crippen molar-refractivity contribution >= 4 is 0 Å². The van der Waals surface area contributed by atoms with E-state index in [0.717, 1.165) is 32.2 Å². The highest BCUT2D eigenvalue weighted by Crippen LogP contribution is 2.30. The van der Waals surface area contributed by atoms with E-state index in [9.17, 15) is 4.39 Å². The van der Waals surface area contributed by atoms with Gasteiger partial charge in [-0.25, -0.2) is 4.39 Å². The molecule has 1 aromatic carbocycles. The van der Waals surface area contributed by atoms with Gasteiger partial charge in [0.05, 0.1) is 0 Å². The van der Waals surface area contributed by atoms with E-state index in [4.69, 9.17) is 0 Å². The molecule has 1 aromatic rings. The van der Waals surface area contributed by atoms with E-state index in [-0.39, 0.29) is 11.2 Å². The van der Waals surface area contributed by atoms with Crippen LogP contribution in [0, 0.1) is 5.82 Å². The molecule has 0 saturated carbocycles. The number of hydrogen-bond acceptors (Lipinski definition) is 1. The lowest BCUT2D eigenvalue weighted by molar-refractivity contribution is 0.317. The van der Waals surface area contributed by atoms with Gasteiger partial charge in [-0.05, 0) is 49.9 Å². The molecule has 2 heteroatoms. The van der Waals surface area contributed by atoms with Crippen molar-refractivity contribution in [3.05, 3.63) is 48.3 Å². The zero-order valence-corrected chi connectivity index (χ0v) is 13.1. The van der Waals surface area contributed by atoms with E-state index in [2.05, 4.69) is 32.7 Å². The molecule has 0 fully saturated rings. The number of rotatable bonds is 9. The molecule has 0 aromatic heterocycles. The Morgan fingerprint density at radius 1 is 1.30 bits per heavy atom. The Bertz CT molecular complexity index is 394. The van der Waals surface area contributed by atoms with Crippen molar-refractivity contribution in [2.45, 2.75) is 57.9 Å². The lowest BCUT2D eigenvalue weighted by Crippen LogP contribution is -2.45. The van der Waals surface area contributed by atoms with E-state index in [1.165, 1.54) is 5.56 Å². The standard InChI is InChI=1S/C18H28FN/c1-5-7-8-9-17(20-14-6-2)18(3,4)15-10-12-16(19)13-11-15/h5,10-13,17,20H,1,6-9,14H2,2-4H3. The Labute approximate surface area is 123 Å². The summed E-state index contributed by atoms with van der Waals surface area (Å²) in [5.74, 6) is -0.172. The summed E-state index contributed by atoms with van der Waals surface area (Å²) in [7, 11) is 0. The first-order valence-corrected chi connectivity index (χ1v) is 7.62. The van der Waals surface area contributed by atoms with E-state index in [0.29, 0.717) is 6.04 Å². The summed E-state index contributed by atoms with van der Waals surface area (Å²) in [6, 6.07) is 7.32. The largest absolute Gasteiger partial charge is 0.313 e. The molecular formula is C18H28FN. The van der Waals surface area contributed by atoms with Crippen LogP contribution in [0.5, 0.6) is 0 Å². The molecule has 0 heterocycles. The molecule has 1 rings (SSSR count). The Morgan fingerprint density at radius 2 is 1.95 bits per heavy atom. The summed E-state index contributed by atoms with van der Waals surface area (Å²) in [5.41, 5.74) is 1.18. The van der Waals surface area contributed by atoms with Crippen molar-refractivity contribution in [1.29, 1.82) is 0 Å². The van der Waals surface area contributed by atoms with Crippen LogP contribution in [-0.2, 0) is 5.41 Å². The fourth-order valence-electron chi connectivity index (χ4n) is 2.58. The minimum absolute atomic E-state index is 0.00988. The van der Waals surface area contributed by atoms with Gasteiger partial charge in [-0.1, -0.05) is 39.0 Å². The van der Waals surface area contributed by atoms with Crippen LogP contribution in [0.1, 0.15) is 52.0 Å². The van der Waals surface area contributed by atoms with Crippen LogP contribution in [0.25, 0.3) is 0 Å². The third kappa shape index (κ3) is 4.75. The van der Waals surface area contributed by atoms with E-state index in [1.807, 2.05) is 18.2 Å². The Kier molecular flexibility index (Phi) is 6.94. The quantitative estimate of drug-likeness (QED) is 0.503. The third-order valence-electron chi connectivity index (χ3n) is 4.00. The van der Waals surface area contributed by atoms with Crippen LogP contribution < -0.4 is 5.32 Å². The van der Waals surface area contributed by atoms with Crippen LogP contribution >= 0.6 is 0 Å².